The van der Waals surface area contributed by atoms with E-state index in [2.05, 4.69) is 9.50 Å². The van der Waals surface area contributed by atoms with Crippen LogP contribution in [0.5, 0.6) is 0 Å². The molecule has 0 saturated heterocycles. The Morgan fingerprint density at radius 1 is 1.17 bits per heavy atom. The summed E-state index contributed by atoms with van der Waals surface area (Å²) >= 11 is -1.36. The fraction of sp³-hybridized carbons (Fsp3) is 0.375. The summed E-state index contributed by atoms with van der Waals surface area (Å²) in [6, 6.07) is 7.66. The van der Waals surface area contributed by atoms with E-state index < -0.39 is 28.0 Å². The van der Waals surface area contributed by atoms with Crippen LogP contribution in [0.3, 0.4) is 0 Å². The van der Waals surface area contributed by atoms with Crippen molar-refractivity contribution >= 4 is 17.6 Å². The van der Waals surface area contributed by atoms with Gasteiger partial charge in [0.2, 0.25) is 0 Å². The van der Waals surface area contributed by atoms with Gasteiger partial charge in [-0.3, -0.25) is 0 Å². The fourth-order valence-electron chi connectivity index (χ4n) is 1.84. The molecule has 2 aromatic rings. The molecule has 0 aliphatic carbocycles. The van der Waals surface area contributed by atoms with Crippen LogP contribution >= 0.6 is 0 Å². The summed E-state index contributed by atoms with van der Waals surface area (Å²) in [7, 11) is 0. The molecule has 1 atom stereocenters. The summed E-state index contributed by atoms with van der Waals surface area (Å²) in [5.74, 6) is 0. The van der Waals surface area contributed by atoms with Gasteiger partial charge in [-0.25, -0.2) is 4.68 Å². The molecule has 0 bridgehead atoms. The second-order valence-corrected chi connectivity index (χ2v) is 8.20. The SMILES string of the molecule is Cc1cc(C(F)(F)F)nn1-c1ccc(C=N[S+]([O-])C(C)(C)C)cc1. The summed E-state index contributed by atoms with van der Waals surface area (Å²) in [4.78, 5) is 0. The Kier molecular flexibility index (Phi) is 5.10. The van der Waals surface area contributed by atoms with Crippen LogP contribution in [0.1, 0.15) is 37.7 Å². The van der Waals surface area contributed by atoms with Crippen LogP contribution in [0.15, 0.2) is 34.7 Å². The van der Waals surface area contributed by atoms with E-state index in [0.717, 1.165) is 6.07 Å². The molecule has 0 aliphatic heterocycles. The van der Waals surface area contributed by atoms with E-state index in [4.69, 9.17) is 0 Å². The summed E-state index contributed by atoms with van der Waals surface area (Å²) in [6.07, 6.45) is -2.98. The zero-order valence-corrected chi connectivity index (χ0v) is 14.6. The van der Waals surface area contributed by atoms with Gasteiger partial charge in [0, 0.05) is 5.69 Å². The molecule has 0 fully saturated rings. The third-order valence-corrected chi connectivity index (χ3v) is 4.48. The summed E-state index contributed by atoms with van der Waals surface area (Å²) in [5.41, 5.74) is 0.679. The molecule has 4 nitrogen and oxygen atoms in total. The number of alkyl halides is 3. The van der Waals surface area contributed by atoms with Gasteiger partial charge in [-0.15, -0.1) is 0 Å². The third kappa shape index (κ3) is 4.39. The van der Waals surface area contributed by atoms with Gasteiger partial charge in [-0.1, -0.05) is 16.5 Å². The van der Waals surface area contributed by atoms with Crippen LogP contribution in [0, 0.1) is 6.92 Å². The largest absolute Gasteiger partial charge is 0.591 e. The minimum atomic E-state index is -4.47. The zero-order valence-electron chi connectivity index (χ0n) is 13.8. The van der Waals surface area contributed by atoms with Crippen LogP contribution in [-0.2, 0) is 17.5 Å². The maximum absolute atomic E-state index is 12.7. The molecule has 1 heterocycles. The predicted octanol–water partition coefficient (Wildman–Crippen LogP) is 4.08. The normalized spacial score (nSPS) is 14.3. The van der Waals surface area contributed by atoms with Crippen LogP contribution < -0.4 is 0 Å². The van der Waals surface area contributed by atoms with E-state index >= 15 is 0 Å². The maximum Gasteiger partial charge on any atom is 0.435 e. The lowest BCUT2D eigenvalue weighted by molar-refractivity contribution is -0.141. The number of aryl methyl sites for hydroxylation is 1. The number of rotatable bonds is 3. The molecule has 1 aromatic carbocycles. The van der Waals surface area contributed by atoms with E-state index in [1.165, 1.54) is 10.9 Å². The van der Waals surface area contributed by atoms with E-state index in [0.29, 0.717) is 16.9 Å². The Hall–Kier alpha value is -1.80. The fourth-order valence-corrected chi connectivity index (χ4v) is 2.38. The number of halogens is 3. The molecule has 2 rings (SSSR count). The molecule has 0 radical (unpaired) electrons. The molecular weight excluding hydrogens is 339 g/mol. The number of aromatic nitrogens is 2. The average Bonchev–Trinajstić information content (AvgIpc) is 2.86. The molecular formula is C16H18F3N3OS. The van der Waals surface area contributed by atoms with Gasteiger partial charge in [0.1, 0.15) is 16.1 Å². The zero-order chi connectivity index (χ0) is 18.1. The Balaban J connectivity index is 2.21. The lowest BCUT2D eigenvalue weighted by atomic mass is 10.2. The molecule has 0 N–H and O–H groups in total. The lowest BCUT2D eigenvalue weighted by Gasteiger charge is -2.17. The van der Waals surface area contributed by atoms with Crippen molar-refractivity contribution in [3.63, 3.8) is 0 Å². The number of nitrogens with zero attached hydrogens (tertiary/aromatic N) is 3. The van der Waals surface area contributed by atoms with Crippen molar-refractivity contribution in [2.24, 2.45) is 4.40 Å². The standard InChI is InChI=1S/C16H18F3N3OS/c1-11-9-14(16(17,18)19)21-22(11)13-7-5-12(6-8-13)10-20-24(23)15(2,3)4/h5-10H,1-4H3. The summed E-state index contributed by atoms with van der Waals surface area (Å²) in [6.45, 7) is 7.02. The minimum absolute atomic E-state index is 0.387. The van der Waals surface area contributed by atoms with Gasteiger partial charge >= 0.3 is 6.18 Å². The molecule has 0 spiro atoms. The van der Waals surface area contributed by atoms with Gasteiger partial charge in [0.25, 0.3) is 0 Å². The molecule has 0 amide bonds. The Morgan fingerprint density at radius 2 is 1.75 bits per heavy atom. The number of hydrogen-bond acceptors (Lipinski definition) is 3. The van der Waals surface area contributed by atoms with Gasteiger partial charge in [-0.2, -0.15) is 18.3 Å². The van der Waals surface area contributed by atoms with Crippen LogP contribution in [-0.4, -0.2) is 25.3 Å². The monoisotopic (exact) mass is 357 g/mol. The van der Waals surface area contributed by atoms with Gasteiger partial charge in [0.05, 0.1) is 11.9 Å². The van der Waals surface area contributed by atoms with Crippen molar-refractivity contribution in [2.75, 3.05) is 0 Å². The smallest absolute Gasteiger partial charge is 0.435 e. The highest BCUT2D eigenvalue weighted by atomic mass is 32.2. The van der Waals surface area contributed by atoms with Crippen molar-refractivity contribution in [3.8, 4) is 5.69 Å². The van der Waals surface area contributed by atoms with Gasteiger partial charge in [0.15, 0.2) is 5.69 Å². The second kappa shape index (κ2) is 6.60. The number of hydrogen-bond donors (Lipinski definition) is 0. The molecule has 1 unspecified atom stereocenters. The molecule has 1 aromatic heterocycles. The quantitative estimate of drug-likeness (QED) is 0.614. The minimum Gasteiger partial charge on any atom is -0.591 e. The van der Waals surface area contributed by atoms with E-state index in [1.54, 1.807) is 31.2 Å². The van der Waals surface area contributed by atoms with Crippen molar-refractivity contribution in [2.45, 2.75) is 38.6 Å². The first-order chi connectivity index (χ1) is 11.0. The van der Waals surface area contributed by atoms with Crippen molar-refractivity contribution in [1.82, 2.24) is 9.78 Å². The third-order valence-electron chi connectivity index (χ3n) is 3.14. The second-order valence-electron chi connectivity index (χ2n) is 6.27. The predicted molar refractivity (Wildman–Crippen MR) is 88.8 cm³/mol. The van der Waals surface area contributed by atoms with E-state index in [1.807, 2.05) is 20.8 Å². The first-order valence-electron chi connectivity index (χ1n) is 7.19. The average molecular weight is 357 g/mol. The highest BCUT2D eigenvalue weighted by molar-refractivity contribution is 7.91. The van der Waals surface area contributed by atoms with Crippen LogP contribution in [0.2, 0.25) is 0 Å². The topological polar surface area (TPSA) is 53.2 Å². The Morgan fingerprint density at radius 3 is 2.21 bits per heavy atom. The van der Waals surface area contributed by atoms with Crippen LogP contribution in [0.4, 0.5) is 13.2 Å². The first kappa shape index (κ1) is 18.5. The van der Waals surface area contributed by atoms with Gasteiger partial charge < -0.3 is 4.55 Å². The van der Waals surface area contributed by atoms with Gasteiger partial charge in [-0.05, 0) is 51.5 Å². The maximum atomic E-state index is 12.7. The van der Waals surface area contributed by atoms with Crippen LogP contribution in [0.25, 0.3) is 5.69 Å². The first-order valence-corrected chi connectivity index (χ1v) is 8.29. The van der Waals surface area contributed by atoms with Crippen molar-refractivity contribution < 1.29 is 17.7 Å². The summed E-state index contributed by atoms with van der Waals surface area (Å²) in [5, 5.41) is 3.60. The van der Waals surface area contributed by atoms with Crippen molar-refractivity contribution in [1.29, 1.82) is 0 Å². The molecule has 0 saturated carbocycles. The Bertz CT molecular complexity index is 731. The highest BCUT2D eigenvalue weighted by Gasteiger charge is 2.34. The lowest BCUT2D eigenvalue weighted by Crippen LogP contribution is -2.25. The highest BCUT2D eigenvalue weighted by Crippen LogP contribution is 2.29. The van der Waals surface area contributed by atoms with E-state index in [9.17, 15) is 17.7 Å². The summed E-state index contributed by atoms with van der Waals surface area (Å²) < 4.78 is 54.8. The molecule has 0 aliphatic rings. The Labute approximate surface area is 141 Å². The molecule has 130 valence electrons. The molecule has 8 heteroatoms. The van der Waals surface area contributed by atoms with E-state index in [-0.39, 0.29) is 0 Å². The molecule has 24 heavy (non-hydrogen) atoms. The number of benzene rings is 1. The van der Waals surface area contributed by atoms with Crippen molar-refractivity contribution in [3.05, 3.63) is 47.3 Å².